The lowest BCUT2D eigenvalue weighted by molar-refractivity contribution is 0.0448. The third-order valence-corrected chi connectivity index (χ3v) is 5.47. The zero-order valence-electron chi connectivity index (χ0n) is 19.6. The van der Waals surface area contributed by atoms with Crippen LogP contribution in [-0.2, 0) is 28.9 Å². The third kappa shape index (κ3) is 6.16. The minimum atomic E-state index is -0.347. The molecule has 2 aromatic heterocycles. The van der Waals surface area contributed by atoms with Gasteiger partial charge in [0.2, 0.25) is 0 Å². The summed E-state index contributed by atoms with van der Waals surface area (Å²) >= 11 is 0. The topological polar surface area (TPSA) is 95.3 Å². The molecule has 0 fully saturated rings. The van der Waals surface area contributed by atoms with Crippen molar-refractivity contribution in [3.05, 3.63) is 46.0 Å². The lowest BCUT2D eigenvalue weighted by atomic mass is 9.99. The van der Waals surface area contributed by atoms with E-state index in [1.807, 2.05) is 27.7 Å². The van der Waals surface area contributed by atoms with Gasteiger partial charge in [0.15, 0.2) is 0 Å². The zero-order chi connectivity index (χ0) is 23.1. The Morgan fingerprint density at radius 3 is 2.69 bits per heavy atom. The van der Waals surface area contributed by atoms with E-state index in [2.05, 4.69) is 10.3 Å². The zero-order valence-corrected chi connectivity index (χ0v) is 19.6. The van der Waals surface area contributed by atoms with Crippen molar-refractivity contribution in [2.45, 2.75) is 59.9 Å². The summed E-state index contributed by atoms with van der Waals surface area (Å²) in [5, 5.41) is 7.73. The first-order valence-corrected chi connectivity index (χ1v) is 11.5. The summed E-state index contributed by atoms with van der Waals surface area (Å²) in [7, 11) is 0. The van der Waals surface area contributed by atoms with Crippen LogP contribution >= 0.6 is 0 Å². The fourth-order valence-corrected chi connectivity index (χ4v) is 4.01. The maximum absolute atomic E-state index is 12.9. The minimum absolute atomic E-state index is 0.0600. The molecule has 174 valence electrons. The normalized spacial score (nSPS) is 15.9. The Bertz CT molecular complexity index is 933. The number of nitrogens with zero attached hydrogens (tertiary/aromatic N) is 3. The molecule has 3 rings (SSSR count). The van der Waals surface area contributed by atoms with Gasteiger partial charge in [0.25, 0.3) is 5.91 Å². The molecule has 1 aliphatic heterocycles. The number of hydrogen-bond acceptors (Lipinski definition) is 6. The van der Waals surface area contributed by atoms with E-state index >= 15 is 0 Å². The van der Waals surface area contributed by atoms with Crippen molar-refractivity contribution in [3.8, 4) is 0 Å². The number of carbonyl (C=O) groups is 2. The van der Waals surface area contributed by atoms with Crippen LogP contribution in [0.25, 0.3) is 0 Å². The van der Waals surface area contributed by atoms with Crippen molar-refractivity contribution < 1.29 is 19.1 Å². The average molecular weight is 443 g/mol. The van der Waals surface area contributed by atoms with Gasteiger partial charge in [-0.05, 0) is 64.5 Å². The molecule has 32 heavy (non-hydrogen) atoms. The fourth-order valence-electron chi connectivity index (χ4n) is 4.01. The van der Waals surface area contributed by atoms with E-state index in [9.17, 15) is 9.59 Å². The number of pyridine rings is 1. The highest BCUT2D eigenvalue weighted by Crippen LogP contribution is 2.21. The molecule has 1 amide bonds. The number of nitrogens with one attached hydrogen (secondary N) is 1. The highest BCUT2D eigenvalue weighted by atomic mass is 16.5. The second-order valence-corrected chi connectivity index (χ2v) is 8.46. The van der Waals surface area contributed by atoms with Crippen LogP contribution in [0.5, 0.6) is 0 Å². The number of esters is 1. The van der Waals surface area contributed by atoms with Crippen LogP contribution in [0.2, 0.25) is 0 Å². The predicted octanol–water partition coefficient (Wildman–Crippen LogP) is 3.03. The third-order valence-electron chi connectivity index (χ3n) is 5.47. The molecule has 0 saturated carbocycles. The predicted molar refractivity (Wildman–Crippen MR) is 121 cm³/mol. The molecule has 8 heteroatoms. The number of fused-ring (bicyclic) bond motifs is 1. The molecule has 3 heterocycles. The molecule has 0 unspecified atom stereocenters. The molecule has 1 atom stereocenters. The van der Waals surface area contributed by atoms with Crippen molar-refractivity contribution in [1.82, 2.24) is 20.1 Å². The number of aromatic nitrogens is 3. The molecule has 0 spiro atoms. The number of amides is 1. The molecule has 1 aliphatic rings. The van der Waals surface area contributed by atoms with Gasteiger partial charge in [0.05, 0.1) is 17.9 Å². The van der Waals surface area contributed by atoms with Gasteiger partial charge < -0.3 is 14.8 Å². The number of ether oxygens (including phenoxy) is 2. The van der Waals surface area contributed by atoms with Gasteiger partial charge in [-0.15, -0.1) is 0 Å². The Labute approximate surface area is 189 Å². The van der Waals surface area contributed by atoms with Crippen LogP contribution in [0, 0.1) is 19.8 Å². The van der Waals surface area contributed by atoms with Crippen LogP contribution in [0.4, 0.5) is 0 Å². The van der Waals surface area contributed by atoms with Crippen LogP contribution < -0.4 is 5.32 Å². The van der Waals surface area contributed by atoms with E-state index in [0.29, 0.717) is 44.0 Å². The minimum Gasteiger partial charge on any atom is -0.462 e. The number of rotatable bonds is 6. The highest BCUT2D eigenvalue weighted by Gasteiger charge is 2.24. The molecule has 0 saturated heterocycles. The van der Waals surface area contributed by atoms with Crippen molar-refractivity contribution in [3.63, 3.8) is 0 Å². The fraction of sp³-hybridized carbons (Fsp3) is 0.583. The Hall–Kier alpha value is -2.74. The molecular weight excluding hydrogens is 408 g/mol. The van der Waals surface area contributed by atoms with Crippen LogP contribution in [0.1, 0.15) is 70.2 Å². The molecule has 0 bridgehead atoms. The summed E-state index contributed by atoms with van der Waals surface area (Å²) < 4.78 is 13.0. The van der Waals surface area contributed by atoms with E-state index in [0.717, 1.165) is 41.9 Å². The number of aryl methyl sites for hydroxylation is 3. The van der Waals surface area contributed by atoms with Crippen molar-refractivity contribution >= 4 is 11.9 Å². The lowest BCUT2D eigenvalue weighted by Crippen LogP contribution is -2.28. The van der Waals surface area contributed by atoms with Gasteiger partial charge in [-0.2, -0.15) is 5.10 Å². The Balaban J connectivity index is 1.71. The SMILES string of the molecule is CCn1nc(C[C@@H](C)COC(=O)c2cc(C)nc(C)c2)c2c1C(=O)NCCCOCCC2. The maximum Gasteiger partial charge on any atom is 0.338 e. The maximum atomic E-state index is 12.9. The second kappa shape index (κ2) is 11.2. The Kier molecular flexibility index (Phi) is 8.39. The first-order chi connectivity index (χ1) is 15.4. The van der Waals surface area contributed by atoms with E-state index in [1.54, 1.807) is 16.8 Å². The van der Waals surface area contributed by atoms with Crippen LogP contribution in [0.3, 0.4) is 0 Å². The highest BCUT2D eigenvalue weighted by molar-refractivity contribution is 5.94. The lowest BCUT2D eigenvalue weighted by Gasteiger charge is -2.13. The van der Waals surface area contributed by atoms with E-state index in [1.165, 1.54) is 0 Å². The van der Waals surface area contributed by atoms with E-state index in [4.69, 9.17) is 14.6 Å². The monoisotopic (exact) mass is 442 g/mol. The molecule has 0 radical (unpaired) electrons. The summed E-state index contributed by atoms with van der Waals surface area (Å²) in [4.78, 5) is 29.6. The van der Waals surface area contributed by atoms with Crippen LogP contribution in [-0.4, -0.2) is 53.0 Å². The van der Waals surface area contributed by atoms with Crippen molar-refractivity contribution in [2.24, 2.45) is 5.92 Å². The molecule has 0 aromatic carbocycles. The average Bonchev–Trinajstić information content (AvgIpc) is 3.08. The van der Waals surface area contributed by atoms with E-state index < -0.39 is 0 Å². The quantitative estimate of drug-likeness (QED) is 0.691. The molecule has 8 nitrogen and oxygen atoms in total. The van der Waals surface area contributed by atoms with Gasteiger partial charge in [-0.25, -0.2) is 4.79 Å². The number of hydrogen-bond donors (Lipinski definition) is 1. The van der Waals surface area contributed by atoms with Crippen molar-refractivity contribution in [2.75, 3.05) is 26.4 Å². The largest absolute Gasteiger partial charge is 0.462 e. The number of carbonyl (C=O) groups excluding carboxylic acids is 2. The summed E-state index contributed by atoms with van der Waals surface area (Å²) in [5.74, 6) is -0.366. The summed E-state index contributed by atoms with van der Waals surface area (Å²) in [6, 6.07) is 3.47. The Morgan fingerprint density at radius 2 is 1.97 bits per heavy atom. The molecule has 2 aromatic rings. The van der Waals surface area contributed by atoms with Crippen LogP contribution in [0.15, 0.2) is 12.1 Å². The van der Waals surface area contributed by atoms with Gasteiger partial charge in [-0.1, -0.05) is 6.92 Å². The van der Waals surface area contributed by atoms with Gasteiger partial charge in [0.1, 0.15) is 5.69 Å². The van der Waals surface area contributed by atoms with Gasteiger partial charge >= 0.3 is 5.97 Å². The molecule has 1 N–H and O–H groups in total. The molecular formula is C24H34N4O4. The Morgan fingerprint density at radius 1 is 1.25 bits per heavy atom. The second-order valence-electron chi connectivity index (χ2n) is 8.46. The summed E-state index contributed by atoms with van der Waals surface area (Å²) in [6.07, 6.45) is 3.01. The summed E-state index contributed by atoms with van der Waals surface area (Å²) in [5.41, 5.74) is 4.62. The van der Waals surface area contributed by atoms with Crippen molar-refractivity contribution in [1.29, 1.82) is 0 Å². The smallest absolute Gasteiger partial charge is 0.338 e. The van der Waals surface area contributed by atoms with E-state index in [-0.39, 0.29) is 24.4 Å². The first kappa shape index (κ1) is 23.9. The molecule has 0 aliphatic carbocycles. The first-order valence-electron chi connectivity index (χ1n) is 11.5. The summed E-state index contributed by atoms with van der Waals surface area (Å²) in [6.45, 7) is 10.5. The van der Waals surface area contributed by atoms with Gasteiger partial charge in [-0.3, -0.25) is 14.5 Å². The standard InChI is InChI=1S/C24H34N4O4/c1-5-28-22-20(8-6-10-31-11-7-9-25-23(22)29)21(27-28)12-16(2)15-32-24(30)19-13-17(3)26-18(4)14-19/h13-14,16H,5-12,15H2,1-4H3,(H,25,29)/t16-/m1/s1. The van der Waals surface area contributed by atoms with Gasteiger partial charge in [0, 0.05) is 43.3 Å².